The van der Waals surface area contributed by atoms with Gasteiger partial charge in [0.2, 0.25) is 0 Å². The molecular weight excluding hydrogens is 234 g/mol. The van der Waals surface area contributed by atoms with E-state index in [9.17, 15) is 5.11 Å². The van der Waals surface area contributed by atoms with Crippen LogP contribution in [0.4, 0.5) is 0 Å². The fraction of sp³-hybridized carbons (Fsp3) is 0.647. The van der Waals surface area contributed by atoms with Crippen molar-refractivity contribution in [2.75, 3.05) is 6.61 Å². The van der Waals surface area contributed by atoms with Gasteiger partial charge in [0.05, 0.1) is 0 Å². The number of aryl methyl sites for hydroxylation is 1. The molecule has 0 amide bonds. The van der Waals surface area contributed by atoms with E-state index in [-0.39, 0.29) is 12.0 Å². The minimum absolute atomic E-state index is 0.154. The summed E-state index contributed by atoms with van der Waals surface area (Å²) in [6.07, 6.45) is 1.85. The molecule has 1 aromatic carbocycles. The van der Waals surface area contributed by atoms with Gasteiger partial charge in [-0.2, -0.15) is 0 Å². The third kappa shape index (κ3) is 4.96. The highest BCUT2D eigenvalue weighted by Gasteiger charge is 2.26. The lowest BCUT2D eigenvalue weighted by Crippen LogP contribution is -2.42. The van der Waals surface area contributed by atoms with E-state index in [1.807, 2.05) is 0 Å². The number of benzene rings is 1. The van der Waals surface area contributed by atoms with Crippen LogP contribution < -0.4 is 5.32 Å². The predicted molar refractivity (Wildman–Crippen MR) is 82.3 cm³/mol. The second kappa shape index (κ2) is 7.06. The lowest BCUT2D eigenvalue weighted by atomic mass is 9.84. The maximum absolute atomic E-state index is 9.25. The lowest BCUT2D eigenvalue weighted by molar-refractivity contribution is 0.184. The van der Waals surface area contributed by atoms with E-state index in [4.69, 9.17) is 0 Å². The van der Waals surface area contributed by atoms with Crippen molar-refractivity contribution < 1.29 is 5.11 Å². The summed E-state index contributed by atoms with van der Waals surface area (Å²) in [6, 6.07) is 9.42. The van der Waals surface area contributed by atoms with Crippen LogP contribution in [0.25, 0.3) is 0 Å². The molecule has 0 aliphatic heterocycles. The number of aliphatic hydroxyl groups is 1. The zero-order valence-corrected chi connectivity index (χ0v) is 13.0. The van der Waals surface area contributed by atoms with Gasteiger partial charge in [-0.1, -0.05) is 57.5 Å². The number of hydrogen-bond acceptors (Lipinski definition) is 2. The number of rotatable bonds is 6. The van der Waals surface area contributed by atoms with E-state index in [1.54, 1.807) is 0 Å². The lowest BCUT2D eigenvalue weighted by Gasteiger charge is -2.35. The van der Waals surface area contributed by atoms with Gasteiger partial charge >= 0.3 is 0 Å². The molecule has 19 heavy (non-hydrogen) atoms. The highest BCUT2D eigenvalue weighted by Crippen LogP contribution is 2.26. The molecule has 2 N–H and O–H groups in total. The van der Waals surface area contributed by atoms with Crippen LogP contribution in [0.5, 0.6) is 0 Å². The summed E-state index contributed by atoms with van der Waals surface area (Å²) < 4.78 is 0. The molecule has 2 atom stereocenters. The molecule has 0 heterocycles. The van der Waals surface area contributed by atoms with Gasteiger partial charge in [0, 0.05) is 18.7 Å². The number of nitrogens with one attached hydrogen (secondary N) is 1. The summed E-state index contributed by atoms with van der Waals surface area (Å²) >= 11 is 0. The summed E-state index contributed by atoms with van der Waals surface area (Å²) in [5.41, 5.74) is 2.78. The Hall–Kier alpha value is -0.860. The van der Waals surface area contributed by atoms with Crippen LogP contribution in [0.1, 0.15) is 57.7 Å². The topological polar surface area (TPSA) is 32.3 Å². The van der Waals surface area contributed by atoms with Crippen molar-refractivity contribution >= 4 is 0 Å². The molecule has 1 aromatic rings. The van der Waals surface area contributed by atoms with Crippen LogP contribution in [0.2, 0.25) is 0 Å². The normalized spacial score (nSPS) is 15.3. The van der Waals surface area contributed by atoms with Crippen molar-refractivity contribution in [1.29, 1.82) is 0 Å². The Morgan fingerprint density at radius 2 is 1.74 bits per heavy atom. The Labute approximate surface area is 118 Å². The van der Waals surface area contributed by atoms with Gasteiger partial charge in [-0.3, -0.25) is 0 Å². The molecule has 0 aliphatic carbocycles. The first-order valence-electron chi connectivity index (χ1n) is 7.32. The maximum atomic E-state index is 9.25. The average molecular weight is 263 g/mol. The van der Waals surface area contributed by atoms with Gasteiger partial charge in [-0.15, -0.1) is 0 Å². The van der Waals surface area contributed by atoms with Crippen LogP contribution in [0, 0.1) is 12.3 Å². The molecule has 0 aliphatic rings. The van der Waals surface area contributed by atoms with Crippen molar-refractivity contribution in [2.24, 2.45) is 5.41 Å². The van der Waals surface area contributed by atoms with Crippen molar-refractivity contribution in [1.82, 2.24) is 5.32 Å². The van der Waals surface area contributed by atoms with E-state index in [0.29, 0.717) is 12.1 Å². The molecule has 0 saturated heterocycles. The average Bonchev–Trinajstić information content (AvgIpc) is 2.34. The summed E-state index contributed by atoms with van der Waals surface area (Å²) in [5.74, 6) is 0. The molecule has 0 aromatic heterocycles. The Morgan fingerprint density at radius 3 is 2.16 bits per heavy atom. The predicted octanol–water partition coefficient (Wildman–Crippen LogP) is 3.83. The van der Waals surface area contributed by atoms with E-state index < -0.39 is 0 Å². The molecule has 2 unspecified atom stereocenters. The fourth-order valence-electron chi connectivity index (χ4n) is 2.39. The molecule has 0 fully saturated rings. The molecular formula is C17H29NO. The molecule has 1 rings (SSSR count). The largest absolute Gasteiger partial charge is 0.396 e. The first-order valence-corrected chi connectivity index (χ1v) is 7.32. The SMILES string of the molecule is CCC(NC(CCO)C(C)(C)C)c1ccc(C)cc1. The summed E-state index contributed by atoms with van der Waals surface area (Å²) in [5, 5.41) is 13.0. The Bertz CT molecular complexity index is 364. The van der Waals surface area contributed by atoms with E-state index in [1.165, 1.54) is 11.1 Å². The molecule has 0 spiro atoms. The molecule has 0 bridgehead atoms. The molecule has 2 nitrogen and oxygen atoms in total. The van der Waals surface area contributed by atoms with Crippen LogP contribution in [0.15, 0.2) is 24.3 Å². The molecule has 2 heteroatoms. The van der Waals surface area contributed by atoms with Gasteiger partial charge in [0.1, 0.15) is 0 Å². The highest BCUT2D eigenvalue weighted by atomic mass is 16.3. The molecule has 0 radical (unpaired) electrons. The van der Waals surface area contributed by atoms with Gasteiger partial charge in [-0.05, 0) is 30.7 Å². The zero-order chi connectivity index (χ0) is 14.5. The van der Waals surface area contributed by atoms with Gasteiger partial charge in [-0.25, -0.2) is 0 Å². The Morgan fingerprint density at radius 1 is 1.16 bits per heavy atom. The zero-order valence-electron chi connectivity index (χ0n) is 13.0. The van der Waals surface area contributed by atoms with Crippen LogP contribution in [0.3, 0.4) is 0 Å². The third-order valence-electron chi connectivity index (χ3n) is 3.75. The fourth-order valence-corrected chi connectivity index (χ4v) is 2.39. The minimum Gasteiger partial charge on any atom is -0.396 e. The molecule has 108 valence electrons. The van der Waals surface area contributed by atoms with E-state index in [2.05, 4.69) is 64.2 Å². The Kier molecular flexibility index (Phi) is 6.02. The molecule has 0 saturated carbocycles. The first-order chi connectivity index (χ1) is 8.88. The highest BCUT2D eigenvalue weighted by molar-refractivity contribution is 5.24. The van der Waals surface area contributed by atoms with Crippen LogP contribution >= 0.6 is 0 Å². The maximum Gasteiger partial charge on any atom is 0.0446 e. The van der Waals surface area contributed by atoms with Crippen molar-refractivity contribution in [3.63, 3.8) is 0 Å². The smallest absolute Gasteiger partial charge is 0.0446 e. The van der Waals surface area contributed by atoms with Gasteiger partial charge < -0.3 is 10.4 Å². The third-order valence-corrected chi connectivity index (χ3v) is 3.75. The van der Waals surface area contributed by atoms with Crippen molar-refractivity contribution in [2.45, 2.75) is 59.5 Å². The monoisotopic (exact) mass is 263 g/mol. The standard InChI is InChI=1S/C17H29NO/c1-6-15(14-9-7-13(2)8-10-14)18-16(11-12-19)17(3,4)5/h7-10,15-16,18-19H,6,11-12H2,1-5H3. The summed E-state index contributed by atoms with van der Waals surface area (Å²) in [6.45, 7) is 11.2. The van der Waals surface area contributed by atoms with Crippen LogP contribution in [-0.4, -0.2) is 17.8 Å². The first kappa shape index (κ1) is 16.2. The van der Waals surface area contributed by atoms with E-state index >= 15 is 0 Å². The summed E-state index contributed by atoms with van der Waals surface area (Å²) in [4.78, 5) is 0. The Balaban J connectivity index is 2.82. The van der Waals surface area contributed by atoms with Crippen molar-refractivity contribution in [3.05, 3.63) is 35.4 Å². The second-order valence-corrected chi connectivity index (χ2v) is 6.47. The van der Waals surface area contributed by atoms with Crippen LogP contribution in [-0.2, 0) is 0 Å². The van der Waals surface area contributed by atoms with Gasteiger partial charge in [0.25, 0.3) is 0 Å². The van der Waals surface area contributed by atoms with Gasteiger partial charge in [0.15, 0.2) is 0 Å². The number of hydrogen-bond donors (Lipinski definition) is 2. The summed E-state index contributed by atoms with van der Waals surface area (Å²) in [7, 11) is 0. The minimum atomic E-state index is 0.154. The number of aliphatic hydroxyl groups excluding tert-OH is 1. The van der Waals surface area contributed by atoms with E-state index in [0.717, 1.165) is 12.8 Å². The quantitative estimate of drug-likeness (QED) is 0.817. The second-order valence-electron chi connectivity index (χ2n) is 6.47. The van der Waals surface area contributed by atoms with Crippen molar-refractivity contribution in [3.8, 4) is 0 Å².